The van der Waals surface area contributed by atoms with Crippen LogP contribution in [0, 0.1) is 0 Å². The minimum atomic E-state index is 0.123. The normalized spacial score (nSPS) is 32.8. The number of hydrogen-bond donors (Lipinski definition) is 1. The van der Waals surface area contributed by atoms with Crippen molar-refractivity contribution < 1.29 is 4.74 Å². The van der Waals surface area contributed by atoms with Crippen molar-refractivity contribution in [3.05, 3.63) is 0 Å². The maximum Gasteiger partial charge on any atom is 0.0933 e. The highest BCUT2D eigenvalue weighted by atomic mass is 16.5. The summed E-state index contributed by atoms with van der Waals surface area (Å²) in [4.78, 5) is 2.68. The fraction of sp³-hybridized carbons (Fsp3) is 1.00. The lowest BCUT2D eigenvalue weighted by molar-refractivity contribution is -0.113. The fourth-order valence-electron chi connectivity index (χ4n) is 3.39. The van der Waals surface area contributed by atoms with Gasteiger partial charge in [0.2, 0.25) is 0 Å². The number of morpholine rings is 1. The fourth-order valence-corrected chi connectivity index (χ4v) is 3.39. The highest BCUT2D eigenvalue weighted by Gasteiger charge is 2.39. The predicted octanol–water partition coefficient (Wildman–Crippen LogP) is 2.02. The van der Waals surface area contributed by atoms with Gasteiger partial charge in [0.05, 0.1) is 12.2 Å². The van der Waals surface area contributed by atoms with Gasteiger partial charge in [-0.1, -0.05) is 20.3 Å². The van der Waals surface area contributed by atoms with E-state index >= 15 is 0 Å². The van der Waals surface area contributed by atoms with E-state index in [1.54, 1.807) is 0 Å². The molecule has 2 aliphatic heterocycles. The van der Waals surface area contributed by atoms with E-state index in [4.69, 9.17) is 4.74 Å². The average Bonchev–Trinajstić information content (AvgIpc) is 2.37. The third-order valence-electron chi connectivity index (χ3n) is 4.31. The summed E-state index contributed by atoms with van der Waals surface area (Å²) >= 11 is 0. The van der Waals surface area contributed by atoms with Crippen LogP contribution in [0.25, 0.3) is 0 Å². The van der Waals surface area contributed by atoms with Gasteiger partial charge in [-0.25, -0.2) is 0 Å². The van der Waals surface area contributed by atoms with E-state index in [2.05, 4.69) is 24.1 Å². The van der Waals surface area contributed by atoms with E-state index in [1.165, 1.54) is 38.6 Å². The molecule has 3 heteroatoms. The number of nitrogens with zero attached hydrogens (tertiary/aromatic N) is 1. The van der Waals surface area contributed by atoms with E-state index in [9.17, 15) is 0 Å². The summed E-state index contributed by atoms with van der Waals surface area (Å²) in [7, 11) is 0. The second kappa shape index (κ2) is 6.17. The zero-order chi connectivity index (χ0) is 12.1. The van der Waals surface area contributed by atoms with Crippen molar-refractivity contribution in [2.75, 3.05) is 32.8 Å². The van der Waals surface area contributed by atoms with Crippen LogP contribution < -0.4 is 5.32 Å². The zero-order valence-corrected chi connectivity index (χ0v) is 11.5. The van der Waals surface area contributed by atoms with Crippen molar-refractivity contribution >= 4 is 0 Å². The van der Waals surface area contributed by atoms with Crippen LogP contribution in [0.3, 0.4) is 0 Å². The molecule has 1 spiro atoms. The molecule has 0 radical (unpaired) electrons. The quantitative estimate of drug-likeness (QED) is 0.813. The number of nitrogens with one attached hydrogen (secondary N) is 1. The molecule has 2 unspecified atom stereocenters. The third kappa shape index (κ3) is 3.21. The maximum atomic E-state index is 6.11. The maximum absolute atomic E-state index is 6.11. The molecule has 0 aromatic rings. The van der Waals surface area contributed by atoms with Crippen LogP contribution in [-0.2, 0) is 4.74 Å². The van der Waals surface area contributed by atoms with Gasteiger partial charge < -0.3 is 10.1 Å². The van der Waals surface area contributed by atoms with E-state index in [0.29, 0.717) is 0 Å². The highest BCUT2D eigenvalue weighted by molar-refractivity contribution is 4.94. The van der Waals surface area contributed by atoms with Crippen LogP contribution >= 0.6 is 0 Å². The topological polar surface area (TPSA) is 24.5 Å². The van der Waals surface area contributed by atoms with Crippen molar-refractivity contribution in [2.24, 2.45) is 0 Å². The van der Waals surface area contributed by atoms with Gasteiger partial charge in [-0.15, -0.1) is 0 Å². The lowest BCUT2D eigenvalue weighted by Crippen LogP contribution is -2.60. The SMILES string of the molecule is CCCC(CC)N1CCCC2(CNCCO2)C1. The smallest absolute Gasteiger partial charge is 0.0933 e. The lowest BCUT2D eigenvalue weighted by atomic mass is 9.89. The van der Waals surface area contributed by atoms with Crippen LogP contribution in [0.15, 0.2) is 0 Å². The Balaban J connectivity index is 1.95. The van der Waals surface area contributed by atoms with Crippen molar-refractivity contribution in [1.29, 1.82) is 0 Å². The molecular weight excluding hydrogens is 212 g/mol. The Morgan fingerprint density at radius 1 is 1.41 bits per heavy atom. The van der Waals surface area contributed by atoms with Crippen LogP contribution in [0.4, 0.5) is 0 Å². The first-order chi connectivity index (χ1) is 8.29. The monoisotopic (exact) mass is 240 g/mol. The standard InChI is InChI=1S/C14H28N2O/c1-3-6-13(4-2)16-9-5-7-14(12-16)11-15-8-10-17-14/h13,15H,3-12H2,1-2H3. The molecule has 2 fully saturated rings. The molecule has 2 saturated heterocycles. The summed E-state index contributed by atoms with van der Waals surface area (Å²) in [6.07, 6.45) is 6.43. The van der Waals surface area contributed by atoms with Crippen LogP contribution in [-0.4, -0.2) is 49.3 Å². The minimum Gasteiger partial charge on any atom is -0.371 e. The summed E-state index contributed by atoms with van der Waals surface area (Å²) in [5.41, 5.74) is 0.123. The van der Waals surface area contributed by atoms with Gasteiger partial charge in [0, 0.05) is 25.7 Å². The zero-order valence-electron chi connectivity index (χ0n) is 11.5. The van der Waals surface area contributed by atoms with Gasteiger partial charge in [0.1, 0.15) is 0 Å². The van der Waals surface area contributed by atoms with Crippen LogP contribution in [0.5, 0.6) is 0 Å². The first-order valence-electron chi connectivity index (χ1n) is 7.38. The molecule has 0 amide bonds. The molecule has 0 aromatic carbocycles. The van der Waals surface area contributed by atoms with E-state index in [-0.39, 0.29) is 5.60 Å². The van der Waals surface area contributed by atoms with Gasteiger partial charge in [-0.3, -0.25) is 4.90 Å². The largest absolute Gasteiger partial charge is 0.371 e. The second-order valence-corrected chi connectivity index (χ2v) is 5.63. The van der Waals surface area contributed by atoms with Gasteiger partial charge in [0.25, 0.3) is 0 Å². The Kier molecular flexibility index (Phi) is 4.83. The van der Waals surface area contributed by atoms with Gasteiger partial charge in [-0.05, 0) is 32.2 Å². The molecule has 2 aliphatic rings. The third-order valence-corrected chi connectivity index (χ3v) is 4.31. The molecule has 100 valence electrons. The molecule has 0 saturated carbocycles. The summed E-state index contributed by atoms with van der Waals surface area (Å²) in [5.74, 6) is 0. The summed E-state index contributed by atoms with van der Waals surface area (Å²) in [6.45, 7) is 9.98. The first kappa shape index (κ1) is 13.3. The van der Waals surface area contributed by atoms with Crippen molar-refractivity contribution in [1.82, 2.24) is 10.2 Å². The Morgan fingerprint density at radius 3 is 2.94 bits per heavy atom. The van der Waals surface area contributed by atoms with Crippen molar-refractivity contribution in [3.63, 3.8) is 0 Å². The summed E-state index contributed by atoms with van der Waals surface area (Å²) < 4.78 is 6.11. The molecule has 0 aliphatic carbocycles. The minimum absolute atomic E-state index is 0.123. The molecule has 2 atom stereocenters. The number of rotatable bonds is 4. The van der Waals surface area contributed by atoms with Gasteiger partial charge in [-0.2, -0.15) is 0 Å². The Labute approximate surface area is 106 Å². The predicted molar refractivity (Wildman–Crippen MR) is 71.3 cm³/mol. The molecule has 2 rings (SSSR count). The van der Waals surface area contributed by atoms with Gasteiger partial charge >= 0.3 is 0 Å². The number of hydrogen-bond acceptors (Lipinski definition) is 3. The van der Waals surface area contributed by atoms with E-state index in [0.717, 1.165) is 32.3 Å². The molecule has 2 heterocycles. The average molecular weight is 240 g/mol. The summed E-state index contributed by atoms with van der Waals surface area (Å²) in [6, 6.07) is 0.766. The molecule has 0 bridgehead atoms. The Bertz CT molecular complexity index is 221. The highest BCUT2D eigenvalue weighted by Crippen LogP contribution is 2.28. The summed E-state index contributed by atoms with van der Waals surface area (Å²) in [5, 5.41) is 3.50. The molecule has 3 nitrogen and oxygen atoms in total. The van der Waals surface area contributed by atoms with Crippen LogP contribution in [0.1, 0.15) is 46.0 Å². The van der Waals surface area contributed by atoms with Crippen molar-refractivity contribution in [2.45, 2.75) is 57.6 Å². The number of piperidine rings is 1. The van der Waals surface area contributed by atoms with E-state index < -0.39 is 0 Å². The number of likely N-dealkylation sites (tertiary alicyclic amines) is 1. The first-order valence-corrected chi connectivity index (χ1v) is 7.38. The van der Waals surface area contributed by atoms with Crippen molar-refractivity contribution in [3.8, 4) is 0 Å². The molecule has 17 heavy (non-hydrogen) atoms. The second-order valence-electron chi connectivity index (χ2n) is 5.63. The lowest BCUT2D eigenvalue weighted by Gasteiger charge is -2.47. The number of ether oxygens (including phenoxy) is 1. The molecular formula is C14H28N2O. The van der Waals surface area contributed by atoms with Gasteiger partial charge in [0.15, 0.2) is 0 Å². The Hall–Kier alpha value is -0.120. The molecule has 1 N–H and O–H groups in total. The Morgan fingerprint density at radius 2 is 2.29 bits per heavy atom. The van der Waals surface area contributed by atoms with Crippen LogP contribution in [0.2, 0.25) is 0 Å². The van der Waals surface area contributed by atoms with E-state index in [1.807, 2.05) is 0 Å². The molecule has 0 aromatic heterocycles.